The first-order valence-corrected chi connectivity index (χ1v) is 9.28. The number of nitrogens with zero attached hydrogens (tertiary/aromatic N) is 2. The number of hydrazone groups is 1. The number of hydrogen-bond acceptors (Lipinski definition) is 2. The molecule has 1 aliphatic heterocycles. The molecule has 2 aliphatic rings. The molecule has 1 fully saturated rings. The predicted octanol–water partition coefficient (Wildman–Crippen LogP) is 5.53. The Morgan fingerprint density at radius 3 is 2.48 bits per heavy atom. The molecule has 0 radical (unpaired) electrons. The van der Waals surface area contributed by atoms with Crippen LogP contribution in [0.1, 0.15) is 47.6 Å². The van der Waals surface area contributed by atoms with Crippen LogP contribution in [0.5, 0.6) is 0 Å². The molecule has 0 saturated heterocycles. The second-order valence-electron chi connectivity index (χ2n) is 7.39. The van der Waals surface area contributed by atoms with Gasteiger partial charge < -0.3 is 0 Å². The number of fused-ring (bicyclic) bond motifs is 1. The topological polar surface area (TPSA) is 15.6 Å². The molecule has 2 atom stereocenters. The third kappa shape index (κ3) is 2.90. The van der Waals surface area contributed by atoms with Crippen LogP contribution < -0.4 is 0 Å². The van der Waals surface area contributed by atoms with E-state index in [9.17, 15) is 0 Å². The summed E-state index contributed by atoms with van der Waals surface area (Å²) in [4.78, 5) is 0. The summed E-state index contributed by atoms with van der Waals surface area (Å²) < 4.78 is 0. The van der Waals surface area contributed by atoms with E-state index in [1.165, 1.54) is 46.4 Å². The highest BCUT2D eigenvalue weighted by Crippen LogP contribution is 2.44. The van der Waals surface area contributed by atoms with Crippen molar-refractivity contribution in [3.63, 3.8) is 0 Å². The number of benzene rings is 2. The van der Waals surface area contributed by atoms with Crippen LogP contribution in [0.4, 0.5) is 0 Å². The molecular weight excluding hydrogens is 304 g/mol. The van der Waals surface area contributed by atoms with Crippen molar-refractivity contribution in [2.45, 2.75) is 39.2 Å². The van der Waals surface area contributed by atoms with E-state index in [4.69, 9.17) is 5.10 Å². The summed E-state index contributed by atoms with van der Waals surface area (Å²) >= 11 is 0. The van der Waals surface area contributed by atoms with Crippen LogP contribution >= 0.6 is 0 Å². The largest absolute Gasteiger partial charge is 0.292 e. The van der Waals surface area contributed by atoms with E-state index < -0.39 is 0 Å². The maximum Gasteiger partial charge on any atom is 0.0803 e. The lowest BCUT2D eigenvalue weighted by atomic mass is 9.77. The van der Waals surface area contributed by atoms with E-state index in [0.29, 0.717) is 12.0 Å². The van der Waals surface area contributed by atoms with Gasteiger partial charge in [0, 0.05) is 13.0 Å². The monoisotopic (exact) mass is 330 g/mol. The lowest BCUT2D eigenvalue weighted by Crippen LogP contribution is -2.27. The fraction of sp³-hybridized carbons (Fsp3) is 0.348. The van der Waals surface area contributed by atoms with Gasteiger partial charge >= 0.3 is 0 Å². The highest BCUT2D eigenvalue weighted by molar-refractivity contribution is 6.07. The van der Waals surface area contributed by atoms with Crippen LogP contribution in [0.25, 0.3) is 6.08 Å². The van der Waals surface area contributed by atoms with Crippen molar-refractivity contribution in [1.29, 1.82) is 0 Å². The van der Waals surface area contributed by atoms with Crippen molar-refractivity contribution in [2.75, 3.05) is 7.05 Å². The Kier molecular flexibility index (Phi) is 4.20. The average Bonchev–Trinajstić information content (AvgIpc) is 2.94. The van der Waals surface area contributed by atoms with Crippen molar-refractivity contribution in [1.82, 2.24) is 5.01 Å². The third-order valence-electron chi connectivity index (χ3n) is 5.72. The van der Waals surface area contributed by atoms with Gasteiger partial charge in [0.25, 0.3) is 0 Å². The summed E-state index contributed by atoms with van der Waals surface area (Å²) in [6, 6.07) is 17.8. The van der Waals surface area contributed by atoms with Gasteiger partial charge in [-0.25, -0.2) is 0 Å². The van der Waals surface area contributed by atoms with Crippen molar-refractivity contribution in [3.05, 3.63) is 76.4 Å². The fourth-order valence-electron chi connectivity index (χ4n) is 4.37. The molecule has 1 heterocycles. The van der Waals surface area contributed by atoms with Gasteiger partial charge in [0.1, 0.15) is 0 Å². The lowest BCUT2D eigenvalue weighted by Gasteiger charge is -2.30. The van der Waals surface area contributed by atoms with Crippen LogP contribution in [0.3, 0.4) is 0 Å². The second-order valence-corrected chi connectivity index (χ2v) is 7.39. The molecule has 2 aromatic carbocycles. The van der Waals surface area contributed by atoms with Gasteiger partial charge in [-0.05, 0) is 67.0 Å². The van der Waals surface area contributed by atoms with Gasteiger partial charge in [0.2, 0.25) is 0 Å². The molecule has 2 aromatic rings. The molecule has 2 unspecified atom stereocenters. The summed E-state index contributed by atoms with van der Waals surface area (Å²) in [7, 11) is 2.13. The van der Waals surface area contributed by atoms with Gasteiger partial charge in [0.05, 0.1) is 11.8 Å². The molecule has 0 amide bonds. The van der Waals surface area contributed by atoms with E-state index in [-0.39, 0.29) is 0 Å². The molecule has 0 spiro atoms. The average molecular weight is 330 g/mol. The summed E-state index contributed by atoms with van der Waals surface area (Å²) in [6.07, 6.45) is 5.98. The minimum Gasteiger partial charge on any atom is -0.292 e. The number of hydrogen-bond donors (Lipinski definition) is 0. The Bertz CT molecular complexity index is 847. The first-order chi connectivity index (χ1) is 12.1. The zero-order valence-corrected chi connectivity index (χ0v) is 15.4. The molecule has 4 rings (SSSR count). The smallest absolute Gasteiger partial charge is 0.0803 e. The van der Waals surface area contributed by atoms with Gasteiger partial charge in [-0.3, -0.25) is 5.01 Å². The fourth-order valence-corrected chi connectivity index (χ4v) is 4.37. The minimum atomic E-state index is 0.372. The van der Waals surface area contributed by atoms with Crippen LogP contribution in [-0.4, -0.2) is 17.8 Å². The van der Waals surface area contributed by atoms with Gasteiger partial charge in [-0.1, -0.05) is 48.5 Å². The molecule has 0 aromatic heterocycles. The van der Waals surface area contributed by atoms with Crippen molar-refractivity contribution in [2.24, 2.45) is 11.0 Å². The standard InChI is InChI=1S/C23H26N2/c1-16-9-4-6-11-18(16)15-19-12-8-14-21-22(19)24-25(3)23(21)20-13-7-5-10-17(20)2/h4-7,9-11,13,15,21,23H,8,12,14H2,1-3H3/b19-15+. The summed E-state index contributed by atoms with van der Waals surface area (Å²) in [5.41, 5.74) is 8.18. The highest BCUT2D eigenvalue weighted by Gasteiger charge is 2.40. The van der Waals surface area contributed by atoms with Gasteiger partial charge in [-0.15, -0.1) is 0 Å². The third-order valence-corrected chi connectivity index (χ3v) is 5.72. The quantitative estimate of drug-likeness (QED) is 0.707. The van der Waals surface area contributed by atoms with Gasteiger partial charge in [-0.2, -0.15) is 5.10 Å². The maximum absolute atomic E-state index is 5.00. The van der Waals surface area contributed by atoms with Crippen LogP contribution in [-0.2, 0) is 0 Å². The van der Waals surface area contributed by atoms with Crippen molar-refractivity contribution in [3.8, 4) is 0 Å². The van der Waals surface area contributed by atoms with E-state index in [1.54, 1.807) is 0 Å². The Hall–Kier alpha value is -2.35. The summed E-state index contributed by atoms with van der Waals surface area (Å²) in [5, 5.41) is 7.19. The molecule has 1 saturated carbocycles. The van der Waals surface area contributed by atoms with E-state index in [1.807, 2.05) is 0 Å². The molecule has 2 heteroatoms. The highest BCUT2D eigenvalue weighted by atomic mass is 15.5. The number of aryl methyl sites for hydroxylation is 2. The van der Waals surface area contributed by atoms with E-state index >= 15 is 0 Å². The maximum atomic E-state index is 5.00. The summed E-state index contributed by atoms with van der Waals surface area (Å²) in [5.74, 6) is 0.509. The van der Waals surface area contributed by atoms with Crippen LogP contribution in [0.2, 0.25) is 0 Å². The van der Waals surface area contributed by atoms with E-state index in [0.717, 1.165) is 6.42 Å². The van der Waals surface area contributed by atoms with Crippen molar-refractivity contribution < 1.29 is 0 Å². The van der Waals surface area contributed by atoms with Crippen LogP contribution in [0, 0.1) is 19.8 Å². The molecule has 128 valence electrons. The number of allylic oxidation sites excluding steroid dienone is 1. The molecule has 0 N–H and O–H groups in total. The Morgan fingerprint density at radius 2 is 1.72 bits per heavy atom. The molecular formula is C23H26N2. The minimum absolute atomic E-state index is 0.372. The van der Waals surface area contributed by atoms with Gasteiger partial charge in [0.15, 0.2) is 0 Å². The van der Waals surface area contributed by atoms with E-state index in [2.05, 4.69) is 80.5 Å². The predicted molar refractivity (Wildman–Crippen MR) is 106 cm³/mol. The zero-order chi connectivity index (χ0) is 17.4. The Balaban J connectivity index is 1.71. The molecule has 1 aliphatic carbocycles. The molecule has 0 bridgehead atoms. The zero-order valence-electron chi connectivity index (χ0n) is 15.4. The Labute approximate surface area is 150 Å². The number of rotatable bonds is 2. The molecule has 2 nitrogen and oxygen atoms in total. The van der Waals surface area contributed by atoms with Crippen molar-refractivity contribution >= 4 is 11.8 Å². The lowest BCUT2D eigenvalue weighted by molar-refractivity contribution is 0.241. The SMILES string of the molecule is Cc1ccccc1/C=C1\CCCC2C1=NN(C)C2c1ccccc1C. The second kappa shape index (κ2) is 6.51. The molecule has 25 heavy (non-hydrogen) atoms. The van der Waals surface area contributed by atoms with Crippen LogP contribution in [0.15, 0.2) is 59.2 Å². The first kappa shape index (κ1) is 16.1. The Morgan fingerprint density at radius 1 is 1.00 bits per heavy atom. The normalized spacial score (nSPS) is 24.4. The summed E-state index contributed by atoms with van der Waals surface area (Å²) in [6.45, 7) is 4.40. The first-order valence-electron chi connectivity index (χ1n) is 9.28.